The van der Waals surface area contributed by atoms with Crippen LogP contribution in [0.1, 0.15) is 47.9 Å². The predicted molar refractivity (Wildman–Crippen MR) is 143 cm³/mol. The molecule has 6 heterocycles. The lowest BCUT2D eigenvalue weighted by Crippen LogP contribution is -2.47. The summed E-state index contributed by atoms with van der Waals surface area (Å²) in [5.74, 6) is 0.630. The first-order chi connectivity index (χ1) is 18.6. The number of anilines is 1. The van der Waals surface area contributed by atoms with E-state index in [0.29, 0.717) is 16.9 Å². The summed E-state index contributed by atoms with van der Waals surface area (Å²) in [7, 11) is 6.53. The largest absolute Gasteiger partial charge is 0.384 e. The quantitative estimate of drug-likeness (QED) is 0.362. The molecule has 2 fully saturated rings. The van der Waals surface area contributed by atoms with E-state index >= 15 is 0 Å². The third-order valence-corrected chi connectivity index (χ3v) is 7.87. The van der Waals surface area contributed by atoms with E-state index < -0.39 is 0 Å². The van der Waals surface area contributed by atoms with Crippen LogP contribution in [0.4, 0.5) is 5.82 Å². The van der Waals surface area contributed by atoms with Gasteiger partial charge in [-0.1, -0.05) is 36.4 Å². The van der Waals surface area contributed by atoms with Crippen molar-refractivity contribution in [3.63, 3.8) is 0 Å². The Labute approximate surface area is 219 Å². The van der Waals surface area contributed by atoms with Crippen molar-refractivity contribution in [2.45, 2.75) is 43.7 Å². The highest BCUT2D eigenvalue weighted by molar-refractivity contribution is 6.36. The van der Waals surface area contributed by atoms with Crippen LogP contribution in [0.5, 0.6) is 0 Å². The SMILES string of the molecule is [B]c1c(C2C[C@H]3CC[C@@H](C2)N3C(=O)c2ncn[nH]2)nc2c(-c3ccc(-c4ccccc4)nc3)cnn2c1N. The van der Waals surface area contributed by atoms with E-state index in [2.05, 4.69) is 25.3 Å². The van der Waals surface area contributed by atoms with E-state index in [4.69, 9.17) is 18.6 Å². The highest BCUT2D eigenvalue weighted by Gasteiger charge is 2.45. The Morgan fingerprint density at radius 2 is 1.79 bits per heavy atom. The van der Waals surface area contributed by atoms with Crippen LogP contribution in [0.2, 0.25) is 0 Å². The number of nitrogens with one attached hydrogen (secondary N) is 1. The zero-order valence-corrected chi connectivity index (χ0v) is 20.5. The zero-order valence-electron chi connectivity index (χ0n) is 20.5. The van der Waals surface area contributed by atoms with Gasteiger partial charge in [-0.05, 0) is 37.2 Å². The topological polar surface area (TPSA) is 131 Å². The summed E-state index contributed by atoms with van der Waals surface area (Å²) in [5, 5.41) is 11.0. The van der Waals surface area contributed by atoms with E-state index in [1.165, 1.54) is 6.33 Å². The molecule has 0 saturated carbocycles. The molecule has 2 aliphatic heterocycles. The van der Waals surface area contributed by atoms with E-state index in [0.717, 1.165) is 53.8 Å². The summed E-state index contributed by atoms with van der Waals surface area (Å²) >= 11 is 0. The summed E-state index contributed by atoms with van der Waals surface area (Å²) in [6.07, 6.45) is 8.36. The number of aromatic amines is 1. The zero-order chi connectivity index (χ0) is 25.8. The van der Waals surface area contributed by atoms with Crippen molar-refractivity contribution in [1.82, 2.24) is 39.7 Å². The van der Waals surface area contributed by atoms with Gasteiger partial charge in [0.05, 0.1) is 11.9 Å². The van der Waals surface area contributed by atoms with Gasteiger partial charge >= 0.3 is 0 Å². The minimum atomic E-state index is -0.103. The van der Waals surface area contributed by atoms with Crippen molar-refractivity contribution in [3.05, 3.63) is 72.7 Å². The van der Waals surface area contributed by atoms with Crippen LogP contribution in [-0.2, 0) is 0 Å². The first-order valence-electron chi connectivity index (χ1n) is 12.7. The number of nitrogens with zero attached hydrogens (tertiary/aromatic N) is 7. The first kappa shape index (κ1) is 22.6. The first-order valence-corrected chi connectivity index (χ1v) is 12.7. The molecular formula is C27H24BN9O. The van der Waals surface area contributed by atoms with Crippen molar-refractivity contribution < 1.29 is 4.79 Å². The van der Waals surface area contributed by atoms with Crippen LogP contribution >= 0.6 is 0 Å². The van der Waals surface area contributed by atoms with Crippen LogP contribution in [0.25, 0.3) is 28.0 Å². The molecule has 3 atom stereocenters. The van der Waals surface area contributed by atoms with Gasteiger partial charge in [0.1, 0.15) is 20.0 Å². The maximum atomic E-state index is 13.1. The molecule has 2 radical (unpaired) electrons. The Hall–Kier alpha value is -4.54. The number of rotatable bonds is 4. The normalized spacial score (nSPS) is 20.7. The Kier molecular flexibility index (Phi) is 5.24. The second-order valence-electron chi connectivity index (χ2n) is 9.99. The molecule has 1 unspecified atom stereocenters. The fraction of sp³-hybridized carbons (Fsp3) is 0.259. The fourth-order valence-corrected chi connectivity index (χ4v) is 6.06. The summed E-state index contributed by atoms with van der Waals surface area (Å²) in [5.41, 5.74) is 12.0. The molecule has 186 valence electrons. The lowest BCUT2D eigenvalue weighted by molar-refractivity contribution is 0.0558. The fourth-order valence-electron chi connectivity index (χ4n) is 6.06. The third kappa shape index (κ3) is 3.57. The van der Waals surface area contributed by atoms with E-state index in [9.17, 15) is 4.79 Å². The average molecular weight is 501 g/mol. The summed E-state index contributed by atoms with van der Waals surface area (Å²) in [4.78, 5) is 28.8. The second-order valence-corrected chi connectivity index (χ2v) is 9.99. The lowest BCUT2D eigenvalue weighted by atomic mass is 9.81. The highest BCUT2D eigenvalue weighted by atomic mass is 16.2. The molecule has 0 aliphatic carbocycles. The number of amides is 1. The van der Waals surface area contributed by atoms with Crippen LogP contribution in [0.3, 0.4) is 0 Å². The van der Waals surface area contributed by atoms with Gasteiger partial charge < -0.3 is 10.6 Å². The maximum Gasteiger partial charge on any atom is 0.291 e. The van der Waals surface area contributed by atoms with Gasteiger partial charge in [-0.15, -0.1) is 0 Å². The Morgan fingerprint density at radius 1 is 1.00 bits per heavy atom. The number of carbonyl (C=O) groups excluding carboxylic acids is 1. The minimum Gasteiger partial charge on any atom is -0.384 e. The van der Waals surface area contributed by atoms with Gasteiger partial charge in [0.15, 0.2) is 5.65 Å². The number of benzene rings is 1. The summed E-state index contributed by atoms with van der Waals surface area (Å²) in [6, 6.07) is 14.2. The number of nitrogens with two attached hydrogens (primary N) is 1. The van der Waals surface area contributed by atoms with E-state index in [1.54, 1.807) is 10.7 Å². The number of aromatic nitrogens is 7. The van der Waals surface area contributed by atoms with E-state index in [1.807, 2.05) is 53.6 Å². The van der Waals surface area contributed by atoms with Crippen molar-refractivity contribution in [1.29, 1.82) is 0 Å². The number of piperidine rings is 1. The Morgan fingerprint density at radius 3 is 2.47 bits per heavy atom. The second kappa shape index (κ2) is 8.79. The van der Waals surface area contributed by atoms with Gasteiger partial charge in [0, 0.05) is 46.6 Å². The number of nitrogen functional groups attached to an aromatic ring is 1. The molecule has 10 nitrogen and oxygen atoms in total. The Balaban J connectivity index is 1.22. The molecule has 7 rings (SSSR count). The van der Waals surface area contributed by atoms with Gasteiger partial charge in [-0.2, -0.15) is 14.7 Å². The molecular weight excluding hydrogens is 477 g/mol. The number of fused-ring (bicyclic) bond motifs is 3. The molecule has 38 heavy (non-hydrogen) atoms. The summed E-state index contributed by atoms with van der Waals surface area (Å²) < 4.78 is 1.59. The van der Waals surface area contributed by atoms with Crippen molar-refractivity contribution in [2.75, 3.05) is 5.73 Å². The van der Waals surface area contributed by atoms with Crippen LogP contribution in [0, 0.1) is 0 Å². The molecule has 2 bridgehead atoms. The third-order valence-electron chi connectivity index (χ3n) is 7.87. The van der Waals surface area contributed by atoms with Gasteiger partial charge in [0.2, 0.25) is 5.82 Å². The predicted octanol–water partition coefficient (Wildman–Crippen LogP) is 2.50. The van der Waals surface area contributed by atoms with Gasteiger partial charge in [-0.25, -0.2) is 9.97 Å². The number of pyridine rings is 1. The number of carbonyl (C=O) groups is 1. The van der Waals surface area contributed by atoms with Gasteiger partial charge in [0.25, 0.3) is 5.91 Å². The maximum absolute atomic E-state index is 13.1. The molecule has 1 aromatic carbocycles. The molecule has 2 saturated heterocycles. The average Bonchev–Trinajstić information content (AvgIpc) is 3.69. The van der Waals surface area contributed by atoms with Crippen LogP contribution in [-0.4, -0.2) is 65.5 Å². The molecule has 11 heteroatoms. The molecule has 4 aromatic heterocycles. The highest BCUT2D eigenvalue weighted by Crippen LogP contribution is 2.43. The van der Waals surface area contributed by atoms with Crippen molar-refractivity contribution >= 4 is 30.7 Å². The van der Waals surface area contributed by atoms with Crippen molar-refractivity contribution in [2.24, 2.45) is 0 Å². The molecule has 1 amide bonds. The molecule has 5 aromatic rings. The van der Waals surface area contributed by atoms with Crippen molar-refractivity contribution in [3.8, 4) is 22.4 Å². The number of H-pyrrole nitrogens is 1. The monoisotopic (exact) mass is 501 g/mol. The van der Waals surface area contributed by atoms with Crippen LogP contribution < -0.4 is 11.2 Å². The van der Waals surface area contributed by atoms with Crippen LogP contribution in [0.15, 0.2) is 61.2 Å². The summed E-state index contributed by atoms with van der Waals surface area (Å²) in [6.45, 7) is 0. The van der Waals surface area contributed by atoms with Gasteiger partial charge in [-0.3, -0.25) is 14.9 Å². The molecule has 3 N–H and O–H groups in total. The van der Waals surface area contributed by atoms with E-state index in [-0.39, 0.29) is 29.7 Å². The Bertz CT molecular complexity index is 1620. The standard InChI is InChI=1S/C27H24BN9O/c28-22-23(17-10-18-7-8-19(11-17)36(18)27(38)25-31-14-32-35-25)34-26-20(13-33-37(26)24(22)29)16-6-9-21(30-12-16)15-4-2-1-3-5-15/h1-6,9,12-14,17-19H,7-8,10-11,29H2,(H,31,32,35)/t17?,18-,19+. The number of hydrogen-bond donors (Lipinski definition) is 2. The lowest BCUT2D eigenvalue weighted by Gasteiger charge is -2.38. The molecule has 2 aliphatic rings. The minimum absolute atomic E-state index is 0.0832. The molecule has 0 spiro atoms. The smallest absolute Gasteiger partial charge is 0.291 e. The number of hydrogen-bond acceptors (Lipinski definition) is 7.